The van der Waals surface area contributed by atoms with Crippen molar-refractivity contribution in [1.29, 1.82) is 0 Å². The minimum absolute atomic E-state index is 0.210. The molecule has 2 aromatic heterocycles. The molecule has 0 aliphatic heterocycles. The van der Waals surface area contributed by atoms with Gasteiger partial charge in [-0.2, -0.15) is 5.10 Å². The van der Waals surface area contributed by atoms with E-state index < -0.39 is 0 Å². The zero-order chi connectivity index (χ0) is 13.4. The molecule has 0 spiro atoms. The van der Waals surface area contributed by atoms with Crippen molar-refractivity contribution in [2.45, 2.75) is 13.5 Å². The lowest BCUT2D eigenvalue weighted by Crippen LogP contribution is -1.95. The van der Waals surface area contributed by atoms with Gasteiger partial charge in [-0.15, -0.1) is 0 Å². The monoisotopic (exact) mass is 256 g/mol. The zero-order valence-corrected chi connectivity index (χ0v) is 10.5. The highest BCUT2D eigenvalue weighted by molar-refractivity contribution is 5.61. The van der Waals surface area contributed by atoms with Crippen molar-refractivity contribution in [3.63, 3.8) is 0 Å². The molecule has 3 aromatic rings. The van der Waals surface area contributed by atoms with E-state index in [0.29, 0.717) is 12.1 Å². The van der Waals surface area contributed by atoms with E-state index in [-0.39, 0.29) is 5.82 Å². The summed E-state index contributed by atoms with van der Waals surface area (Å²) in [4.78, 5) is 4.31. The molecule has 96 valence electrons. The molecular weight excluding hydrogens is 243 g/mol. The van der Waals surface area contributed by atoms with Crippen LogP contribution in [-0.4, -0.2) is 14.6 Å². The number of rotatable bonds is 2. The van der Waals surface area contributed by atoms with E-state index in [9.17, 15) is 4.39 Å². The number of halogens is 1. The van der Waals surface area contributed by atoms with Gasteiger partial charge >= 0.3 is 0 Å². The molecule has 0 aliphatic rings. The highest BCUT2D eigenvalue weighted by Crippen LogP contribution is 2.20. The number of imidazole rings is 1. The topological polar surface area (TPSA) is 56.2 Å². The maximum absolute atomic E-state index is 13.3. The second-order valence-corrected chi connectivity index (χ2v) is 4.42. The number of hydrogen-bond acceptors (Lipinski definition) is 3. The highest BCUT2D eigenvalue weighted by atomic mass is 19.1. The van der Waals surface area contributed by atoms with Gasteiger partial charge in [-0.25, -0.2) is 13.9 Å². The Labute approximate surface area is 109 Å². The van der Waals surface area contributed by atoms with E-state index in [0.717, 1.165) is 22.6 Å². The smallest absolute Gasteiger partial charge is 0.153 e. The third kappa shape index (κ3) is 2.08. The number of fused-ring (bicyclic) bond motifs is 1. The van der Waals surface area contributed by atoms with Crippen LogP contribution in [0.5, 0.6) is 0 Å². The van der Waals surface area contributed by atoms with Crippen LogP contribution in [0.2, 0.25) is 0 Å². The summed E-state index contributed by atoms with van der Waals surface area (Å²) in [5.74, 6) is -0.210. The van der Waals surface area contributed by atoms with Crippen molar-refractivity contribution in [3.05, 3.63) is 53.6 Å². The van der Waals surface area contributed by atoms with Gasteiger partial charge in [-0.3, -0.25) is 0 Å². The van der Waals surface area contributed by atoms with Crippen molar-refractivity contribution >= 4 is 5.65 Å². The summed E-state index contributed by atoms with van der Waals surface area (Å²) in [6.45, 7) is 2.12. The predicted octanol–water partition coefficient (Wildman–Crippen LogP) is 2.30. The van der Waals surface area contributed by atoms with E-state index >= 15 is 0 Å². The Balaban J connectivity index is 2.11. The molecule has 0 bridgehead atoms. The van der Waals surface area contributed by atoms with Gasteiger partial charge in [0.25, 0.3) is 0 Å². The third-order valence-corrected chi connectivity index (χ3v) is 3.03. The van der Waals surface area contributed by atoms with Crippen LogP contribution in [0.15, 0.2) is 36.5 Å². The highest BCUT2D eigenvalue weighted by Gasteiger charge is 2.06. The first kappa shape index (κ1) is 11.8. The maximum atomic E-state index is 13.3. The molecule has 0 atom stereocenters. The Bertz CT molecular complexity index is 748. The maximum Gasteiger partial charge on any atom is 0.153 e. The number of nitrogens with zero attached hydrogens (tertiary/aromatic N) is 3. The molecule has 2 heterocycles. The van der Waals surface area contributed by atoms with Crippen LogP contribution < -0.4 is 5.73 Å². The normalized spacial score (nSPS) is 11.1. The fraction of sp³-hybridized carbons (Fsp3) is 0.143. The summed E-state index contributed by atoms with van der Waals surface area (Å²) < 4.78 is 15.0. The SMILES string of the molecule is Cc1cc(-c2ccc3nc(CN)cn3n2)ccc1F. The molecule has 0 saturated carbocycles. The van der Waals surface area contributed by atoms with E-state index in [2.05, 4.69) is 10.1 Å². The van der Waals surface area contributed by atoms with Crippen molar-refractivity contribution < 1.29 is 4.39 Å². The molecule has 5 heteroatoms. The van der Waals surface area contributed by atoms with Gasteiger partial charge in [0.15, 0.2) is 5.65 Å². The first-order valence-electron chi connectivity index (χ1n) is 5.99. The number of hydrogen-bond donors (Lipinski definition) is 1. The van der Waals surface area contributed by atoms with Crippen molar-refractivity contribution in [1.82, 2.24) is 14.6 Å². The van der Waals surface area contributed by atoms with Crippen molar-refractivity contribution in [2.24, 2.45) is 5.73 Å². The molecule has 0 unspecified atom stereocenters. The van der Waals surface area contributed by atoms with Crippen LogP contribution in [0.1, 0.15) is 11.3 Å². The van der Waals surface area contributed by atoms with Gasteiger partial charge < -0.3 is 5.73 Å². The van der Waals surface area contributed by atoms with Gasteiger partial charge in [0, 0.05) is 12.1 Å². The Morgan fingerprint density at radius 1 is 1.26 bits per heavy atom. The lowest BCUT2D eigenvalue weighted by atomic mass is 10.1. The molecule has 1 aromatic carbocycles. The van der Waals surface area contributed by atoms with Gasteiger partial charge in [0.05, 0.1) is 17.6 Å². The average Bonchev–Trinajstić information content (AvgIpc) is 2.83. The van der Waals surface area contributed by atoms with Crippen LogP contribution in [0.3, 0.4) is 0 Å². The quantitative estimate of drug-likeness (QED) is 0.765. The molecule has 0 fully saturated rings. The molecule has 0 radical (unpaired) electrons. The number of aromatic nitrogens is 3. The largest absolute Gasteiger partial charge is 0.325 e. The molecule has 0 saturated heterocycles. The second kappa shape index (κ2) is 4.44. The number of nitrogens with two attached hydrogens (primary N) is 1. The summed E-state index contributed by atoms with van der Waals surface area (Å²) in [5.41, 5.74) is 9.36. The summed E-state index contributed by atoms with van der Waals surface area (Å²) >= 11 is 0. The predicted molar refractivity (Wildman–Crippen MR) is 71.0 cm³/mol. The van der Waals surface area contributed by atoms with Crippen LogP contribution in [-0.2, 0) is 6.54 Å². The van der Waals surface area contributed by atoms with Crippen LogP contribution >= 0.6 is 0 Å². The first-order valence-corrected chi connectivity index (χ1v) is 5.99. The molecular formula is C14H13FN4. The lowest BCUT2D eigenvalue weighted by Gasteiger charge is -2.03. The average molecular weight is 256 g/mol. The molecule has 2 N–H and O–H groups in total. The molecule has 3 rings (SSSR count). The Morgan fingerprint density at radius 2 is 2.11 bits per heavy atom. The van der Waals surface area contributed by atoms with Crippen molar-refractivity contribution in [2.75, 3.05) is 0 Å². The van der Waals surface area contributed by atoms with Gasteiger partial charge in [0.1, 0.15) is 5.82 Å². The minimum atomic E-state index is -0.210. The van der Waals surface area contributed by atoms with Gasteiger partial charge in [-0.05, 0) is 42.8 Å². The Kier molecular flexibility index (Phi) is 2.76. The van der Waals surface area contributed by atoms with Gasteiger partial charge in [-0.1, -0.05) is 0 Å². The molecule has 4 nitrogen and oxygen atoms in total. The van der Waals surface area contributed by atoms with Crippen molar-refractivity contribution in [3.8, 4) is 11.3 Å². The van der Waals surface area contributed by atoms with Crippen LogP contribution in [0, 0.1) is 12.7 Å². The van der Waals surface area contributed by atoms with E-state index in [1.165, 1.54) is 6.07 Å². The number of aryl methyl sites for hydroxylation is 1. The lowest BCUT2D eigenvalue weighted by molar-refractivity contribution is 0.618. The molecule has 0 amide bonds. The minimum Gasteiger partial charge on any atom is -0.325 e. The second-order valence-electron chi connectivity index (χ2n) is 4.42. The Hall–Kier alpha value is -2.27. The van der Waals surface area contributed by atoms with E-state index in [1.54, 1.807) is 29.8 Å². The van der Waals surface area contributed by atoms with E-state index in [1.807, 2.05) is 12.1 Å². The number of benzene rings is 1. The summed E-state index contributed by atoms with van der Waals surface area (Å²) in [5, 5.41) is 4.46. The van der Waals surface area contributed by atoms with E-state index in [4.69, 9.17) is 5.73 Å². The molecule has 19 heavy (non-hydrogen) atoms. The van der Waals surface area contributed by atoms with Crippen LogP contribution in [0.25, 0.3) is 16.9 Å². The molecule has 0 aliphatic carbocycles. The third-order valence-electron chi connectivity index (χ3n) is 3.03. The fourth-order valence-electron chi connectivity index (χ4n) is 1.99. The van der Waals surface area contributed by atoms with Gasteiger partial charge in [0.2, 0.25) is 0 Å². The standard InChI is InChI=1S/C14H13FN4/c1-9-6-10(2-3-12(9)15)13-4-5-14-17-11(7-16)8-19(14)18-13/h2-6,8H,7,16H2,1H3. The first-order chi connectivity index (χ1) is 9.17. The fourth-order valence-corrected chi connectivity index (χ4v) is 1.99. The summed E-state index contributed by atoms with van der Waals surface area (Å²) in [6.07, 6.45) is 1.80. The summed E-state index contributed by atoms with van der Waals surface area (Å²) in [6, 6.07) is 8.70. The zero-order valence-electron chi connectivity index (χ0n) is 10.5. The Morgan fingerprint density at radius 3 is 2.84 bits per heavy atom. The summed E-state index contributed by atoms with van der Waals surface area (Å²) in [7, 11) is 0. The van der Waals surface area contributed by atoms with Crippen LogP contribution in [0.4, 0.5) is 4.39 Å².